The van der Waals surface area contributed by atoms with Crippen LogP contribution in [0.3, 0.4) is 0 Å². The molecule has 8 nitrogen and oxygen atoms in total. The normalized spacial score (nSPS) is 14.9. The van der Waals surface area contributed by atoms with Gasteiger partial charge in [-0.05, 0) is 23.8 Å². The van der Waals surface area contributed by atoms with Crippen molar-refractivity contribution in [3.8, 4) is 10.4 Å². The summed E-state index contributed by atoms with van der Waals surface area (Å²) < 4.78 is 44.6. The van der Waals surface area contributed by atoms with Gasteiger partial charge in [0.25, 0.3) is 0 Å². The lowest BCUT2D eigenvalue weighted by Crippen LogP contribution is -2.44. The molecule has 1 aliphatic rings. The summed E-state index contributed by atoms with van der Waals surface area (Å²) in [4.78, 5) is 37.0. The van der Waals surface area contributed by atoms with Crippen LogP contribution in [0.15, 0.2) is 30.3 Å². The Bertz CT molecular complexity index is 1000. The van der Waals surface area contributed by atoms with E-state index >= 15 is 0 Å². The molecule has 0 unspecified atom stereocenters. The zero-order valence-corrected chi connectivity index (χ0v) is 16.9. The van der Waals surface area contributed by atoms with Crippen LogP contribution >= 0.6 is 11.3 Å². The molecule has 2 aromatic rings. The van der Waals surface area contributed by atoms with Crippen LogP contribution in [-0.4, -0.2) is 42.1 Å². The Labute approximate surface area is 178 Å². The Kier molecular flexibility index (Phi) is 6.39. The Morgan fingerprint density at radius 1 is 1.13 bits per heavy atom. The second-order valence-electron chi connectivity index (χ2n) is 6.85. The molecule has 0 spiro atoms. The predicted molar refractivity (Wildman–Crippen MR) is 108 cm³/mol. The number of alkyl halides is 3. The van der Waals surface area contributed by atoms with E-state index in [2.05, 4.69) is 5.32 Å². The van der Waals surface area contributed by atoms with Gasteiger partial charge in [-0.1, -0.05) is 12.1 Å². The van der Waals surface area contributed by atoms with Crippen molar-refractivity contribution in [2.24, 2.45) is 11.5 Å². The second kappa shape index (κ2) is 8.84. The third-order valence-electron chi connectivity index (χ3n) is 4.69. The number of rotatable bonds is 4. The number of likely N-dealkylation sites (tertiary alicyclic amines) is 1. The number of urea groups is 2. The maximum Gasteiger partial charge on any atom is 0.416 e. The maximum atomic E-state index is 13.0. The van der Waals surface area contributed by atoms with Gasteiger partial charge in [0.2, 0.25) is 0 Å². The van der Waals surface area contributed by atoms with Gasteiger partial charge in [0.15, 0.2) is 0 Å². The number of esters is 1. The number of nitrogens with one attached hydrogen (secondary N) is 1. The van der Waals surface area contributed by atoms with Gasteiger partial charge in [0.05, 0.1) is 11.1 Å². The maximum absolute atomic E-state index is 13.0. The molecule has 0 bridgehead atoms. The SMILES string of the molecule is NC(=O)Nc1sc(-c2cccc(C(F)(F)F)c2)cc1C(=O)OC1CCN(C(N)=O)CC1. The van der Waals surface area contributed by atoms with E-state index in [9.17, 15) is 27.6 Å². The number of hydrogen-bond acceptors (Lipinski definition) is 5. The number of halogens is 3. The van der Waals surface area contributed by atoms with E-state index < -0.39 is 35.9 Å². The first-order valence-corrected chi connectivity index (χ1v) is 9.99. The lowest BCUT2D eigenvalue weighted by molar-refractivity contribution is -0.137. The fourth-order valence-corrected chi connectivity index (χ4v) is 4.19. The highest BCUT2D eigenvalue weighted by atomic mass is 32.1. The molecule has 0 aliphatic carbocycles. The van der Waals surface area contributed by atoms with E-state index in [0.717, 1.165) is 23.5 Å². The van der Waals surface area contributed by atoms with Gasteiger partial charge >= 0.3 is 24.2 Å². The quantitative estimate of drug-likeness (QED) is 0.607. The molecule has 1 fully saturated rings. The summed E-state index contributed by atoms with van der Waals surface area (Å²) in [7, 11) is 0. The molecule has 5 N–H and O–H groups in total. The number of ether oxygens (including phenoxy) is 1. The molecule has 166 valence electrons. The van der Waals surface area contributed by atoms with E-state index in [4.69, 9.17) is 16.2 Å². The highest BCUT2D eigenvalue weighted by Crippen LogP contribution is 2.38. The Morgan fingerprint density at radius 2 is 1.81 bits per heavy atom. The molecule has 3 rings (SSSR count). The number of carbonyl (C=O) groups is 3. The fourth-order valence-electron chi connectivity index (χ4n) is 3.15. The van der Waals surface area contributed by atoms with Crippen molar-refractivity contribution in [1.29, 1.82) is 0 Å². The van der Waals surface area contributed by atoms with Crippen molar-refractivity contribution in [3.05, 3.63) is 41.5 Å². The number of hydrogen-bond donors (Lipinski definition) is 3. The lowest BCUT2D eigenvalue weighted by Gasteiger charge is -2.30. The fraction of sp³-hybridized carbons (Fsp3) is 0.316. The van der Waals surface area contributed by atoms with Crippen LogP contribution in [0.25, 0.3) is 10.4 Å². The van der Waals surface area contributed by atoms with E-state index in [0.29, 0.717) is 30.8 Å². The highest BCUT2D eigenvalue weighted by molar-refractivity contribution is 7.20. The standard InChI is InChI=1S/C19H19F3N4O4S/c20-19(21,22)11-3-1-2-10(8-11)14-9-13(15(31-14)25-17(23)28)16(27)30-12-4-6-26(7-5-12)18(24)29/h1-3,8-9,12H,4-7H2,(H2,24,29)(H3,23,25,28). The monoisotopic (exact) mass is 456 g/mol. The molecule has 0 atom stereocenters. The van der Waals surface area contributed by atoms with E-state index in [-0.39, 0.29) is 16.1 Å². The molecular weight excluding hydrogens is 437 g/mol. The Balaban J connectivity index is 1.83. The first-order chi connectivity index (χ1) is 14.5. The molecule has 4 amide bonds. The molecule has 1 aromatic carbocycles. The zero-order valence-electron chi connectivity index (χ0n) is 16.1. The van der Waals surface area contributed by atoms with Crippen LogP contribution in [0.1, 0.15) is 28.8 Å². The summed E-state index contributed by atoms with van der Waals surface area (Å²) in [6.45, 7) is 0.664. The highest BCUT2D eigenvalue weighted by Gasteiger charge is 2.31. The number of thiophene rings is 1. The summed E-state index contributed by atoms with van der Waals surface area (Å²) in [5.74, 6) is -0.754. The van der Waals surface area contributed by atoms with Crippen LogP contribution in [-0.2, 0) is 10.9 Å². The van der Waals surface area contributed by atoms with Gasteiger partial charge < -0.3 is 21.1 Å². The summed E-state index contributed by atoms with van der Waals surface area (Å²) in [6, 6.07) is 4.48. The number of anilines is 1. The van der Waals surface area contributed by atoms with E-state index in [1.54, 1.807) is 0 Å². The van der Waals surface area contributed by atoms with Gasteiger partial charge in [0, 0.05) is 30.8 Å². The Hall–Kier alpha value is -3.28. The summed E-state index contributed by atoms with van der Waals surface area (Å²) in [5.41, 5.74) is 9.75. The largest absolute Gasteiger partial charge is 0.459 e. The van der Waals surface area contributed by atoms with Gasteiger partial charge in [-0.15, -0.1) is 11.3 Å². The topological polar surface area (TPSA) is 128 Å². The molecule has 31 heavy (non-hydrogen) atoms. The number of benzene rings is 1. The molecule has 0 saturated carbocycles. The predicted octanol–water partition coefficient (Wildman–Crippen LogP) is 3.62. The molecule has 1 saturated heterocycles. The lowest BCUT2D eigenvalue weighted by atomic mass is 10.1. The van der Waals surface area contributed by atoms with Crippen molar-refractivity contribution in [2.45, 2.75) is 25.1 Å². The zero-order chi connectivity index (χ0) is 22.8. The van der Waals surface area contributed by atoms with Gasteiger partial charge in [-0.25, -0.2) is 14.4 Å². The van der Waals surface area contributed by atoms with E-state index in [1.165, 1.54) is 23.1 Å². The van der Waals surface area contributed by atoms with Crippen LogP contribution in [0.5, 0.6) is 0 Å². The van der Waals surface area contributed by atoms with Crippen LogP contribution in [0.4, 0.5) is 27.8 Å². The number of amides is 4. The van der Waals surface area contributed by atoms with Crippen LogP contribution < -0.4 is 16.8 Å². The van der Waals surface area contributed by atoms with Crippen LogP contribution in [0, 0.1) is 0 Å². The smallest absolute Gasteiger partial charge is 0.416 e. The molecule has 0 radical (unpaired) electrons. The minimum atomic E-state index is -4.52. The summed E-state index contributed by atoms with van der Waals surface area (Å²) >= 11 is 0.905. The van der Waals surface area contributed by atoms with Crippen molar-refractivity contribution in [3.63, 3.8) is 0 Å². The number of piperidine rings is 1. The second-order valence-corrected chi connectivity index (χ2v) is 7.90. The summed E-state index contributed by atoms with van der Waals surface area (Å²) in [6.07, 6.45) is -4.22. The Morgan fingerprint density at radius 3 is 2.39 bits per heavy atom. The number of carbonyl (C=O) groups excluding carboxylic acids is 3. The molecule has 1 aromatic heterocycles. The minimum absolute atomic E-state index is 0.0199. The van der Waals surface area contributed by atoms with E-state index in [1.807, 2.05) is 0 Å². The minimum Gasteiger partial charge on any atom is -0.459 e. The number of primary amides is 2. The van der Waals surface area contributed by atoms with Crippen molar-refractivity contribution in [2.75, 3.05) is 18.4 Å². The van der Waals surface area contributed by atoms with Gasteiger partial charge in [-0.3, -0.25) is 5.32 Å². The van der Waals surface area contributed by atoms with Crippen molar-refractivity contribution in [1.82, 2.24) is 4.90 Å². The van der Waals surface area contributed by atoms with Gasteiger partial charge in [0.1, 0.15) is 11.1 Å². The van der Waals surface area contributed by atoms with Crippen molar-refractivity contribution < 1.29 is 32.3 Å². The average Bonchev–Trinajstić information content (AvgIpc) is 3.11. The molecule has 1 aliphatic heterocycles. The first kappa shape index (κ1) is 22.4. The molecule has 12 heteroatoms. The first-order valence-electron chi connectivity index (χ1n) is 9.18. The third-order valence-corrected chi connectivity index (χ3v) is 5.79. The van der Waals surface area contributed by atoms with Crippen LogP contribution in [0.2, 0.25) is 0 Å². The number of nitrogens with two attached hydrogens (primary N) is 2. The average molecular weight is 456 g/mol. The molecule has 2 heterocycles. The third kappa shape index (κ3) is 5.45. The molecular formula is C19H19F3N4O4S. The summed E-state index contributed by atoms with van der Waals surface area (Å²) in [5, 5.41) is 2.38. The van der Waals surface area contributed by atoms with Gasteiger partial charge in [-0.2, -0.15) is 13.2 Å². The number of nitrogens with zero attached hydrogens (tertiary/aromatic N) is 1. The van der Waals surface area contributed by atoms with Crippen molar-refractivity contribution >= 4 is 34.4 Å².